The summed E-state index contributed by atoms with van der Waals surface area (Å²) in [6.07, 6.45) is 2.92. The van der Waals surface area contributed by atoms with Crippen LogP contribution in [0.4, 0.5) is 13.2 Å². The number of halogens is 3. The Kier molecular flexibility index (Phi) is 8.42. The van der Waals surface area contributed by atoms with Gasteiger partial charge in [-0.15, -0.1) is 23.5 Å². The van der Waals surface area contributed by atoms with Crippen LogP contribution < -0.4 is 9.47 Å². The lowest BCUT2D eigenvalue weighted by Gasteiger charge is -2.34. The lowest BCUT2D eigenvalue weighted by molar-refractivity contribution is -0.137. The average Bonchev–Trinajstić information content (AvgIpc) is 2.91. The van der Waals surface area contributed by atoms with E-state index in [9.17, 15) is 13.2 Å². The summed E-state index contributed by atoms with van der Waals surface area (Å²) in [5.74, 6) is 3.46. The van der Waals surface area contributed by atoms with E-state index in [1.165, 1.54) is 12.1 Å². The summed E-state index contributed by atoms with van der Waals surface area (Å²) < 4.78 is 49.5. The lowest BCUT2D eigenvalue weighted by atomic mass is 9.97. The molecule has 1 fully saturated rings. The van der Waals surface area contributed by atoms with E-state index in [-0.39, 0.29) is 0 Å². The molecular formula is C29H27F3O2S2. The summed E-state index contributed by atoms with van der Waals surface area (Å²) in [5, 5.41) is 0. The molecule has 0 unspecified atom stereocenters. The molecule has 1 aliphatic rings. The van der Waals surface area contributed by atoms with Gasteiger partial charge in [-0.3, -0.25) is 0 Å². The molecule has 0 atom stereocenters. The molecular weight excluding hydrogens is 501 g/mol. The first kappa shape index (κ1) is 26.3. The van der Waals surface area contributed by atoms with Crippen LogP contribution in [-0.4, -0.2) is 25.7 Å². The first-order valence-corrected chi connectivity index (χ1v) is 13.5. The summed E-state index contributed by atoms with van der Waals surface area (Å²) >= 11 is 3.53. The molecule has 0 radical (unpaired) electrons. The van der Waals surface area contributed by atoms with E-state index in [2.05, 4.69) is 12.2 Å². The van der Waals surface area contributed by atoms with Crippen LogP contribution in [-0.2, 0) is 10.3 Å². The number of hydrogen-bond donors (Lipinski definition) is 0. The van der Waals surface area contributed by atoms with Crippen molar-refractivity contribution in [2.75, 3.05) is 25.7 Å². The zero-order chi connectivity index (χ0) is 25.6. The largest absolute Gasteiger partial charge is 0.497 e. The van der Waals surface area contributed by atoms with Crippen molar-refractivity contribution in [3.63, 3.8) is 0 Å². The van der Waals surface area contributed by atoms with Gasteiger partial charge < -0.3 is 9.47 Å². The molecule has 1 saturated heterocycles. The molecule has 3 aromatic carbocycles. The Morgan fingerprint density at radius 3 is 1.72 bits per heavy atom. The molecule has 0 N–H and O–H groups in total. The van der Waals surface area contributed by atoms with Gasteiger partial charge in [0, 0.05) is 0 Å². The first-order chi connectivity index (χ1) is 17.3. The van der Waals surface area contributed by atoms with Crippen LogP contribution in [0.25, 0.3) is 5.57 Å². The van der Waals surface area contributed by atoms with Gasteiger partial charge in [0.15, 0.2) is 0 Å². The van der Waals surface area contributed by atoms with Crippen LogP contribution >= 0.6 is 23.5 Å². The zero-order valence-electron chi connectivity index (χ0n) is 20.0. The van der Waals surface area contributed by atoms with E-state index < -0.39 is 15.8 Å². The monoisotopic (exact) mass is 528 g/mol. The summed E-state index contributed by atoms with van der Waals surface area (Å²) in [7, 11) is 3.27. The molecule has 36 heavy (non-hydrogen) atoms. The molecule has 3 aromatic rings. The lowest BCUT2D eigenvalue weighted by Crippen LogP contribution is -2.20. The van der Waals surface area contributed by atoms with Gasteiger partial charge in [-0.2, -0.15) is 13.2 Å². The van der Waals surface area contributed by atoms with Crippen molar-refractivity contribution < 1.29 is 22.6 Å². The van der Waals surface area contributed by atoms with Gasteiger partial charge in [-0.25, -0.2) is 0 Å². The molecule has 2 nitrogen and oxygen atoms in total. The topological polar surface area (TPSA) is 18.5 Å². The van der Waals surface area contributed by atoms with Crippen molar-refractivity contribution in [3.8, 4) is 11.5 Å². The molecule has 0 aliphatic carbocycles. The maximum absolute atomic E-state index is 13.1. The van der Waals surface area contributed by atoms with E-state index in [0.717, 1.165) is 51.7 Å². The Balaban J connectivity index is 1.71. The van der Waals surface area contributed by atoms with E-state index in [4.69, 9.17) is 9.47 Å². The van der Waals surface area contributed by atoms with E-state index in [1.807, 2.05) is 54.6 Å². The van der Waals surface area contributed by atoms with Crippen molar-refractivity contribution in [3.05, 3.63) is 113 Å². The molecule has 7 heteroatoms. The minimum Gasteiger partial charge on any atom is -0.497 e. The Labute approximate surface area is 218 Å². The predicted molar refractivity (Wildman–Crippen MR) is 145 cm³/mol. The van der Waals surface area contributed by atoms with Gasteiger partial charge in [0.1, 0.15) is 15.6 Å². The summed E-state index contributed by atoms with van der Waals surface area (Å²) in [6.45, 7) is 0. The number of rotatable bonds is 7. The van der Waals surface area contributed by atoms with Crippen molar-refractivity contribution in [1.29, 1.82) is 0 Å². The highest BCUT2D eigenvalue weighted by atomic mass is 32.2. The normalized spacial score (nSPS) is 15.5. The average molecular weight is 529 g/mol. The van der Waals surface area contributed by atoms with Gasteiger partial charge in [0.05, 0.1) is 19.8 Å². The third-order valence-electron chi connectivity index (χ3n) is 5.92. The van der Waals surface area contributed by atoms with Gasteiger partial charge in [0.25, 0.3) is 0 Å². The molecule has 0 bridgehead atoms. The fourth-order valence-corrected chi connectivity index (χ4v) is 7.13. The molecule has 1 heterocycles. The summed E-state index contributed by atoms with van der Waals surface area (Å²) in [5.41, 5.74) is 3.31. The van der Waals surface area contributed by atoms with Crippen LogP contribution in [0.5, 0.6) is 11.5 Å². The Hall–Kier alpha value is -2.77. The minimum absolute atomic E-state index is 0.441. The van der Waals surface area contributed by atoms with Crippen LogP contribution in [0.3, 0.4) is 0 Å². The predicted octanol–water partition coefficient (Wildman–Crippen LogP) is 8.43. The molecule has 188 valence electrons. The van der Waals surface area contributed by atoms with Crippen LogP contribution in [0, 0.1) is 0 Å². The highest BCUT2D eigenvalue weighted by molar-refractivity contribution is 8.18. The first-order valence-electron chi connectivity index (χ1n) is 11.5. The minimum atomic E-state index is -4.34. The Morgan fingerprint density at radius 1 is 0.778 bits per heavy atom. The van der Waals surface area contributed by atoms with Crippen molar-refractivity contribution in [1.82, 2.24) is 0 Å². The van der Waals surface area contributed by atoms with Gasteiger partial charge in [0.2, 0.25) is 0 Å². The SMILES string of the molecule is COc1ccc(C(=CC=CC2(c3ccc(C(F)(F)F)cc3)SCCCS2)c2ccc(OC)cc2)cc1. The Bertz CT molecular complexity index is 1140. The summed E-state index contributed by atoms with van der Waals surface area (Å²) in [4.78, 5) is 0. The fourth-order valence-electron chi connectivity index (χ4n) is 3.97. The number of alkyl halides is 3. The highest BCUT2D eigenvalue weighted by Gasteiger charge is 2.35. The molecule has 0 amide bonds. The van der Waals surface area contributed by atoms with Crippen molar-refractivity contribution in [2.45, 2.75) is 16.7 Å². The molecule has 0 spiro atoms. The van der Waals surface area contributed by atoms with Crippen LogP contribution in [0.2, 0.25) is 0 Å². The maximum atomic E-state index is 13.1. The second-order valence-corrected chi connectivity index (χ2v) is 11.1. The molecule has 0 aromatic heterocycles. The van der Waals surface area contributed by atoms with Gasteiger partial charge in [-0.1, -0.05) is 54.6 Å². The van der Waals surface area contributed by atoms with E-state index in [1.54, 1.807) is 49.9 Å². The quantitative estimate of drug-likeness (QED) is 0.286. The Morgan fingerprint density at radius 2 is 1.28 bits per heavy atom. The molecule has 4 rings (SSSR count). The highest BCUT2D eigenvalue weighted by Crippen LogP contribution is 2.51. The van der Waals surface area contributed by atoms with Crippen LogP contribution in [0.15, 0.2) is 91.0 Å². The number of hydrogen-bond acceptors (Lipinski definition) is 4. The number of thioether (sulfide) groups is 2. The summed E-state index contributed by atoms with van der Waals surface area (Å²) in [6, 6.07) is 21.3. The number of benzene rings is 3. The fraction of sp³-hybridized carbons (Fsp3) is 0.241. The zero-order valence-corrected chi connectivity index (χ0v) is 21.7. The third-order valence-corrected chi connectivity index (χ3v) is 9.21. The standard InChI is InChI=1S/C29H27F3O2S2/c1-33-25-14-6-21(7-15-25)27(22-8-16-26(34-2)17-9-22)5-3-18-28(35-19-4-20-36-28)23-10-12-24(13-11-23)29(30,31)32/h3,5-18H,4,19-20H2,1-2H3. The molecule has 1 aliphatic heterocycles. The number of allylic oxidation sites excluding steroid dienone is 2. The second kappa shape index (κ2) is 11.5. The second-order valence-electron chi connectivity index (χ2n) is 8.19. The van der Waals surface area contributed by atoms with Gasteiger partial charge >= 0.3 is 6.18 Å². The van der Waals surface area contributed by atoms with E-state index >= 15 is 0 Å². The maximum Gasteiger partial charge on any atom is 0.416 e. The smallest absolute Gasteiger partial charge is 0.416 e. The van der Waals surface area contributed by atoms with Crippen molar-refractivity contribution >= 4 is 29.1 Å². The number of ether oxygens (including phenoxy) is 2. The van der Waals surface area contributed by atoms with Gasteiger partial charge in [-0.05, 0) is 76.6 Å². The van der Waals surface area contributed by atoms with Crippen molar-refractivity contribution in [2.24, 2.45) is 0 Å². The number of methoxy groups -OCH3 is 2. The molecule has 0 saturated carbocycles. The van der Waals surface area contributed by atoms with Crippen LogP contribution in [0.1, 0.15) is 28.7 Å². The van der Waals surface area contributed by atoms with E-state index in [0.29, 0.717) is 0 Å². The third kappa shape index (κ3) is 6.13.